The van der Waals surface area contributed by atoms with Crippen LogP contribution in [-0.4, -0.2) is 5.91 Å². The molecule has 2 aromatic rings. The van der Waals surface area contributed by atoms with Crippen LogP contribution in [0.5, 0.6) is 0 Å². The molecule has 0 aliphatic carbocycles. The Balaban J connectivity index is 1.95. The van der Waals surface area contributed by atoms with E-state index in [-0.39, 0.29) is 5.91 Å². The van der Waals surface area contributed by atoms with E-state index in [1.807, 2.05) is 12.1 Å². The number of carbonyl (C=O) groups is 1. The van der Waals surface area contributed by atoms with Crippen LogP contribution in [0.15, 0.2) is 34.7 Å². The summed E-state index contributed by atoms with van der Waals surface area (Å²) in [6.07, 6.45) is 0. The Bertz CT molecular complexity index is 608. The summed E-state index contributed by atoms with van der Waals surface area (Å²) in [4.78, 5) is 11.5. The zero-order chi connectivity index (χ0) is 14.5. The monoisotopic (exact) mass is 290 g/mol. The van der Waals surface area contributed by atoms with Crippen molar-refractivity contribution in [3.63, 3.8) is 0 Å². The Labute approximate surface area is 122 Å². The second-order valence-corrected chi connectivity index (χ2v) is 5.56. The van der Waals surface area contributed by atoms with Gasteiger partial charge in [0.05, 0.1) is 11.3 Å². The Hall–Kier alpha value is -1.72. The van der Waals surface area contributed by atoms with E-state index in [2.05, 4.69) is 24.5 Å². The normalized spacial score (nSPS) is 10.6. The fourth-order valence-corrected chi connectivity index (χ4v) is 2.94. The summed E-state index contributed by atoms with van der Waals surface area (Å²) in [6, 6.07) is 10.1. The Morgan fingerprint density at radius 1 is 1.30 bits per heavy atom. The molecule has 1 aromatic carbocycles. The standard InChI is InChI=1S/C15H18N2O2S/c1-10-5-3-4-6-12(10)8-20-9-13-7-14(11(2)19-13)15(18)17-16/h3-7H,8-9,16H2,1-2H3,(H,17,18). The van der Waals surface area contributed by atoms with E-state index < -0.39 is 0 Å². The summed E-state index contributed by atoms with van der Waals surface area (Å²) in [5, 5.41) is 0. The first kappa shape index (κ1) is 14.7. The van der Waals surface area contributed by atoms with Gasteiger partial charge < -0.3 is 4.42 Å². The highest BCUT2D eigenvalue weighted by molar-refractivity contribution is 7.97. The molecule has 20 heavy (non-hydrogen) atoms. The predicted molar refractivity (Wildman–Crippen MR) is 81.3 cm³/mol. The summed E-state index contributed by atoms with van der Waals surface area (Å²) >= 11 is 1.76. The highest BCUT2D eigenvalue weighted by Gasteiger charge is 2.13. The minimum atomic E-state index is -0.318. The van der Waals surface area contributed by atoms with Gasteiger partial charge in [-0.2, -0.15) is 0 Å². The molecule has 1 amide bonds. The second-order valence-electron chi connectivity index (χ2n) is 4.58. The Kier molecular flexibility index (Phi) is 4.87. The molecule has 5 heteroatoms. The van der Waals surface area contributed by atoms with Crippen LogP contribution in [0, 0.1) is 13.8 Å². The number of benzene rings is 1. The lowest BCUT2D eigenvalue weighted by molar-refractivity contribution is 0.0952. The van der Waals surface area contributed by atoms with Crippen LogP contribution in [0.1, 0.15) is 33.0 Å². The van der Waals surface area contributed by atoms with Crippen molar-refractivity contribution in [3.05, 3.63) is 58.5 Å². The van der Waals surface area contributed by atoms with Gasteiger partial charge in [-0.3, -0.25) is 10.2 Å². The van der Waals surface area contributed by atoms with E-state index in [1.54, 1.807) is 24.8 Å². The number of aryl methyl sites for hydroxylation is 2. The van der Waals surface area contributed by atoms with Gasteiger partial charge >= 0.3 is 0 Å². The van der Waals surface area contributed by atoms with Gasteiger partial charge in [0.2, 0.25) is 0 Å². The molecule has 0 spiro atoms. The van der Waals surface area contributed by atoms with Gasteiger partial charge in [0.25, 0.3) is 5.91 Å². The first-order valence-electron chi connectivity index (χ1n) is 6.34. The smallest absolute Gasteiger partial charge is 0.268 e. The quantitative estimate of drug-likeness (QED) is 0.505. The predicted octanol–water partition coefficient (Wildman–Crippen LogP) is 2.93. The average molecular weight is 290 g/mol. The van der Waals surface area contributed by atoms with E-state index in [0.717, 1.165) is 17.3 Å². The lowest BCUT2D eigenvalue weighted by Crippen LogP contribution is -2.30. The first-order valence-corrected chi connectivity index (χ1v) is 7.49. The average Bonchev–Trinajstić information content (AvgIpc) is 2.81. The third kappa shape index (κ3) is 3.43. The molecular formula is C15H18N2O2S. The van der Waals surface area contributed by atoms with Gasteiger partial charge in [0.15, 0.2) is 0 Å². The van der Waals surface area contributed by atoms with Crippen molar-refractivity contribution in [2.75, 3.05) is 0 Å². The molecule has 0 atom stereocenters. The molecule has 4 nitrogen and oxygen atoms in total. The van der Waals surface area contributed by atoms with Crippen molar-refractivity contribution in [2.24, 2.45) is 5.84 Å². The summed E-state index contributed by atoms with van der Waals surface area (Å²) in [7, 11) is 0. The van der Waals surface area contributed by atoms with Crippen LogP contribution in [0.3, 0.4) is 0 Å². The maximum Gasteiger partial charge on any atom is 0.268 e. The van der Waals surface area contributed by atoms with Crippen LogP contribution < -0.4 is 11.3 Å². The fraction of sp³-hybridized carbons (Fsp3) is 0.267. The first-order chi connectivity index (χ1) is 9.61. The summed E-state index contributed by atoms with van der Waals surface area (Å²) in [6.45, 7) is 3.87. The molecule has 0 aliphatic rings. The molecule has 1 aromatic heterocycles. The summed E-state index contributed by atoms with van der Waals surface area (Å²) in [5.41, 5.74) is 5.23. The number of thioether (sulfide) groups is 1. The molecule has 0 bridgehead atoms. The van der Waals surface area contributed by atoms with Crippen LogP contribution in [0.2, 0.25) is 0 Å². The van der Waals surface area contributed by atoms with Crippen LogP contribution in [0.4, 0.5) is 0 Å². The maximum atomic E-state index is 11.5. The van der Waals surface area contributed by atoms with Crippen molar-refractivity contribution in [3.8, 4) is 0 Å². The molecule has 106 valence electrons. The minimum Gasteiger partial charge on any atom is -0.465 e. The molecule has 3 N–H and O–H groups in total. The molecule has 2 rings (SSSR count). The van der Waals surface area contributed by atoms with Crippen molar-refractivity contribution >= 4 is 17.7 Å². The number of hydrogen-bond donors (Lipinski definition) is 2. The van der Waals surface area contributed by atoms with Crippen LogP contribution in [0.25, 0.3) is 0 Å². The number of nitrogen functional groups attached to an aromatic ring is 1. The molecule has 0 saturated heterocycles. The lowest BCUT2D eigenvalue weighted by Gasteiger charge is -2.03. The van der Waals surface area contributed by atoms with Crippen molar-refractivity contribution in [2.45, 2.75) is 25.4 Å². The topological polar surface area (TPSA) is 68.3 Å². The third-order valence-electron chi connectivity index (χ3n) is 3.11. The van der Waals surface area contributed by atoms with E-state index in [4.69, 9.17) is 10.3 Å². The van der Waals surface area contributed by atoms with Gasteiger partial charge in [0.1, 0.15) is 11.5 Å². The number of nitrogens with one attached hydrogen (secondary N) is 1. The molecule has 0 unspecified atom stereocenters. The molecular weight excluding hydrogens is 272 g/mol. The largest absolute Gasteiger partial charge is 0.465 e. The second kappa shape index (κ2) is 6.63. The molecule has 0 saturated carbocycles. The maximum absolute atomic E-state index is 11.5. The van der Waals surface area contributed by atoms with E-state index in [9.17, 15) is 4.79 Å². The van der Waals surface area contributed by atoms with Crippen molar-refractivity contribution < 1.29 is 9.21 Å². The number of hydrogen-bond acceptors (Lipinski definition) is 4. The van der Waals surface area contributed by atoms with E-state index in [1.165, 1.54) is 11.1 Å². The highest BCUT2D eigenvalue weighted by atomic mass is 32.2. The number of hydrazine groups is 1. The minimum absolute atomic E-state index is 0.318. The Morgan fingerprint density at radius 3 is 2.75 bits per heavy atom. The lowest BCUT2D eigenvalue weighted by atomic mass is 10.1. The molecule has 0 aliphatic heterocycles. The Morgan fingerprint density at radius 2 is 2.05 bits per heavy atom. The number of rotatable bonds is 5. The van der Waals surface area contributed by atoms with Crippen LogP contribution >= 0.6 is 11.8 Å². The fourth-order valence-electron chi connectivity index (χ4n) is 1.95. The zero-order valence-corrected chi connectivity index (χ0v) is 12.4. The summed E-state index contributed by atoms with van der Waals surface area (Å²) in [5.74, 6) is 7.85. The van der Waals surface area contributed by atoms with E-state index >= 15 is 0 Å². The SMILES string of the molecule is Cc1ccccc1CSCc1cc(C(=O)NN)c(C)o1. The third-order valence-corrected chi connectivity index (χ3v) is 4.11. The van der Waals surface area contributed by atoms with Gasteiger partial charge in [-0.25, -0.2) is 5.84 Å². The van der Waals surface area contributed by atoms with Gasteiger partial charge in [-0.1, -0.05) is 24.3 Å². The van der Waals surface area contributed by atoms with Gasteiger partial charge in [-0.05, 0) is 31.0 Å². The molecule has 0 fully saturated rings. The number of amides is 1. The highest BCUT2D eigenvalue weighted by Crippen LogP contribution is 2.23. The number of nitrogens with two attached hydrogens (primary N) is 1. The zero-order valence-electron chi connectivity index (χ0n) is 11.6. The van der Waals surface area contributed by atoms with Gasteiger partial charge in [-0.15, -0.1) is 11.8 Å². The van der Waals surface area contributed by atoms with Crippen LogP contribution in [-0.2, 0) is 11.5 Å². The van der Waals surface area contributed by atoms with E-state index in [0.29, 0.717) is 11.3 Å². The number of carbonyl (C=O) groups excluding carboxylic acids is 1. The summed E-state index contributed by atoms with van der Waals surface area (Å²) < 4.78 is 5.57. The van der Waals surface area contributed by atoms with Gasteiger partial charge in [0, 0.05) is 5.75 Å². The molecule has 0 radical (unpaired) electrons. The molecule has 1 heterocycles. The van der Waals surface area contributed by atoms with Crippen molar-refractivity contribution in [1.29, 1.82) is 0 Å². The number of furan rings is 1. The van der Waals surface area contributed by atoms with Crippen molar-refractivity contribution in [1.82, 2.24) is 5.43 Å².